The van der Waals surface area contributed by atoms with Gasteiger partial charge in [0.1, 0.15) is 17.6 Å². The Labute approximate surface area is 213 Å². The molecule has 3 rings (SSSR count). The maximum atomic E-state index is 12.8. The van der Waals surface area contributed by atoms with Gasteiger partial charge < -0.3 is 19.4 Å². The Morgan fingerprint density at radius 2 is 1.89 bits per heavy atom. The van der Waals surface area contributed by atoms with E-state index in [4.69, 9.17) is 9.15 Å². The lowest BCUT2D eigenvalue weighted by Crippen LogP contribution is -2.57. The monoisotopic (exact) mass is 500 g/mol. The molecule has 2 N–H and O–H groups in total. The van der Waals surface area contributed by atoms with Gasteiger partial charge in [0.2, 0.25) is 0 Å². The molecule has 2 saturated carbocycles. The second kappa shape index (κ2) is 10.3. The number of rotatable bonds is 7. The Kier molecular flexibility index (Phi) is 7.92. The van der Waals surface area contributed by atoms with Crippen molar-refractivity contribution in [3.05, 3.63) is 51.1 Å². The molecule has 2 fully saturated rings. The van der Waals surface area contributed by atoms with Gasteiger partial charge in [-0.3, -0.25) is 4.79 Å². The third-order valence-electron chi connectivity index (χ3n) is 9.16. The number of esters is 1. The summed E-state index contributed by atoms with van der Waals surface area (Å²) in [5, 5.41) is 20.1. The van der Waals surface area contributed by atoms with Crippen LogP contribution in [-0.4, -0.2) is 28.3 Å². The van der Waals surface area contributed by atoms with Crippen molar-refractivity contribution in [2.24, 2.45) is 22.7 Å². The molecule has 0 amide bonds. The molecular weight excluding hydrogens is 460 g/mol. The van der Waals surface area contributed by atoms with Crippen LogP contribution < -0.4 is 5.63 Å². The van der Waals surface area contributed by atoms with E-state index < -0.39 is 11.6 Å². The summed E-state index contributed by atoms with van der Waals surface area (Å²) in [7, 11) is 0. The lowest BCUT2D eigenvalue weighted by Gasteiger charge is -2.61. The van der Waals surface area contributed by atoms with Gasteiger partial charge in [-0.15, -0.1) is 0 Å². The van der Waals surface area contributed by atoms with E-state index in [1.54, 1.807) is 26.8 Å². The highest BCUT2D eigenvalue weighted by atomic mass is 16.5. The molecule has 1 aromatic heterocycles. The van der Waals surface area contributed by atoms with Crippen LogP contribution in [0.25, 0.3) is 0 Å². The Hall–Kier alpha value is -2.83. The van der Waals surface area contributed by atoms with Crippen LogP contribution in [0, 0.1) is 36.5 Å². The summed E-state index contributed by atoms with van der Waals surface area (Å²) in [5.74, 6) is -0.758. The standard InChI is InChI=1S/C29H40O7/c1-16-10-11-23-28(6,22(16)15-21-25(31)18(3)19(4)35-27(21)34)14-12-24(36-20(5)30)29(23,7)13-8-9-17(2)26(32)33/h9,22-24,31H,1,8,10-15H2,2-7H3,(H,32,33)/t22-,23+,24-,28+,29-/m1/s1. The fourth-order valence-electron chi connectivity index (χ4n) is 6.92. The van der Waals surface area contributed by atoms with Crippen LogP contribution in [0.5, 0.6) is 5.75 Å². The number of carboxylic acids is 1. The first-order valence-corrected chi connectivity index (χ1v) is 12.8. The van der Waals surface area contributed by atoms with Crippen LogP contribution in [0.1, 0.15) is 83.1 Å². The first-order valence-electron chi connectivity index (χ1n) is 12.8. The number of aliphatic carboxylic acids is 1. The minimum atomic E-state index is -0.939. The summed E-state index contributed by atoms with van der Waals surface area (Å²) in [5.41, 5.74) is 1.06. The van der Waals surface area contributed by atoms with Crippen molar-refractivity contribution in [2.75, 3.05) is 0 Å². The maximum Gasteiger partial charge on any atom is 0.342 e. The van der Waals surface area contributed by atoms with Gasteiger partial charge in [0.15, 0.2) is 0 Å². The van der Waals surface area contributed by atoms with Crippen molar-refractivity contribution in [1.29, 1.82) is 0 Å². The fourth-order valence-corrected chi connectivity index (χ4v) is 6.92. The van der Waals surface area contributed by atoms with Crippen LogP contribution in [0.4, 0.5) is 0 Å². The van der Waals surface area contributed by atoms with Gasteiger partial charge in [0, 0.05) is 23.5 Å². The third-order valence-corrected chi connectivity index (χ3v) is 9.16. The van der Waals surface area contributed by atoms with E-state index >= 15 is 0 Å². The van der Waals surface area contributed by atoms with Crippen molar-refractivity contribution in [2.45, 2.75) is 92.6 Å². The highest BCUT2D eigenvalue weighted by Crippen LogP contribution is 2.63. The third kappa shape index (κ3) is 5.02. The highest BCUT2D eigenvalue weighted by Gasteiger charge is 2.58. The van der Waals surface area contributed by atoms with E-state index in [2.05, 4.69) is 20.4 Å². The van der Waals surface area contributed by atoms with Crippen molar-refractivity contribution >= 4 is 11.9 Å². The fraction of sp³-hybridized carbons (Fsp3) is 0.621. The van der Waals surface area contributed by atoms with E-state index in [1.165, 1.54) is 6.92 Å². The SMILES string of the molecule is C=C1CC[C@H]2[C@@](C)(CC[C@@H](OC(C)=O)[C@]2(C)CCC=C(C)C(=O)O)[C@@H]1Cc1c(O)c(C)c(C)oc1=O. The van der Waals surface area contributed by atoms with Gasteiger partial charge in [-0.05, 0) is 83.0 Å². The number of hydrogen-bond donors (Lipinski definition) is 2. The zero-order valence-electron chi connectivity index (χ0n) is 22.4. The van der Waals surface area contributed by atoms with Crippen molar-refractivity contribution in [3.8, 4) is 5.75 Å². The number of aryl methyl sites for hydroxylation is 1. The number of aromatic hydroxyl groups is 1. The Balaban J connectivity index is 2.02. The van der Waals surface area contributed by atoms with Gasteiger partial charge in [0.05, 0.1) is 5.56 Å². The summed E-state index contributed by atoms with van der Waals surface area (Å²) in [4.78, 5) is 36.1. The molecule has 0 spiro atoms. The van der Waals surface area contributed by atoms with Crippen LogP contribution in [0.3, 0.4) is 0 Å². The first-order chi connectivity index (χ1) is 16.7. The van der Waals surface area contributed by atoms with Crippen molar-refractivity contribution < 1.29 is 29.0 Å². The topological polar surface area (TPSA) is 114 Å². The average Bonchev–Trinajstić information content (AvgIpc) is 2.78. The maximum absolute atomic E-state index is 12.8. The summed E-state index contributed by atoms with van der Waals surface area (Å²) < 4.78 is 11.3. The molecule has 36 heavy (non-hydrogen) atoms. The average molecular weight is 501 g/mol. The number of carbonyl (C=O) groups excluding carboxylic acids is 1. The summed E-state index contributed by atoms with van der Waals surface area (Å²) in [6, 6.07) is 0. The molecule has 2 aliphatic carbocycles. The number of allylic oxidation sites excluding steroid dienone is 2. The van der Waals surface area contributed by atoms with E-state index in [1.807, 2.05) is 0 Å². The Morgan fingerprint density at radius 1 is 1.22 bits per heavy atom. The first kappa shape index (κ1) is 27.8. The molecule has 7 nitrogen and oxygen atoms in total. The molecule has 0 unspecified atom stereocenters. The molecule has 0 aromatic carbocycles. The van der Waals surface area contributed by atoms with E-state index in [-0.39, 0.29) is 46.1 Å². The molecule has 5 atom stereocenters. The molecule has 2 aliphatic rings. The second-order valence-corrected chi connectivity index (χ2v) is 11.3. The number of carboxylic acid groups (broad SMARTS) is 1. The predicted molar refractivity (Wildman–Crippen MR) is 137 cm³/mol. The zero-order valence-corrected chi connectivity index (χ0v) is 22.4. The number of carbonyl (C=O) groups is 2. The predicted octanol–water partition coefficient (Wildman–Crippen LogP) is 5.64. The van der Waals surface area contributed by atoms with Gasteiger partial charge >= 0.3 is 17.6 Å². The van der Waals surface area contributed by atoms with Crippen LogP contribution in [0.15, 0.2) is 33.0 Å². The lowest BCUT2D eigenvalue weighted by atomic mass is 9.45. The van der Waals surface area contributed by atoms with E-state index in [0.29, 0.717) is 42.6 Å². The number of hydrogen-bond acceptors (Lipinski definition) is 6. The van der Waals surface area contributed by atoms with Crippen LogP contribution >= 0.6 is 0 Å². The van der Waals surface area contributed by atoms with Crippen molar-refractivity contribution in [1.82, 2.24) is 0 Å². The molecule has 0 bridgehead atoms. The lowest BCUT2D eigenvalue weighted by molar-refractivity contribution is -0.178. The van der Waals surface area contributed by atoms with Crippen LogP contribution in [0.2, 0.25) is 0 Å². The van der Waals surface area contributed by atoms with Gasteiger partial charge in [-0.2, -0.15) is 0 Å². The molecular formula is C29H40O7. The quantitative estimate of drug-likeness (QED) is 0.283. The highest BCUT2D eigenvalue weighted by molar-refractivity contribution is 5.85. The minimum absolute atomic E-state index is 0.00656. The Bertz CT molecular complexity index is 1140. The van der Waals surface area contributed by atoms with E-state index in [0.717, 1.165) is 24.8 Å². The van der Waals surface area contributed by atoms with E-state index in [9.17, 15) is 24.6 Å². The summed E-state index contributed by atoms with van der Waals surface area (Å²) in [6.07, 6.45) is 6.13. The number of ether oxygens (including phenoxy) is 1. The second-order valence-electron chi connectivity index (χ2n) is 11.3. The molecule has 0 saturated heterocycles. The van der Waals surface area contributed by atoms with Gasteiger partial charge in [0.25, 0.3) is 0 Å². The molecule has 0 aliphatic heterocycles. The minimum Gasteiger partial charge on any atom is -0.507 e. The molecule has 198 valence electrons. The normalized spacial score (nSPS) is 30.6. The van der Waals surface area contributed by atoms with Gasteiger partial charge in [-0.1, -0.05) is 32.1 Å². The molecule has 7 heteroatoms. The van der Waals surface area contributed by atoms with Crippen molar-refractivity contribution in [3.63, 3.8) is 0 Å². The zero-order chi connectivity index (χ0) is 27.0. The summed E-state index contributed by atoms with van der Waals surface area (Å²) in [6.45, 7) is 15.2. The van der Waals surface area contributed by atoms with Gasteiger partial charge in [-0.25, -0.2) is 9.59 Å². The largest absolute Gasteiger partial charge is 0.507 e. The molecule has 1 aromatic rings. The molecule has 1 heterocycles. The summed E-state index contributed by atoms with van der Waals surface area (Å²) >= 11 is 0. The smallest absolute Gasteiger partial charge is 0.342 e. The Morgan fingerprint density at radius 3 is 2.50 bits per heavy atom. The molecule has 0 radical (unpaired) electrons. The number of fused-ring (bicyclic) bond motifs is 1. The van der Waals surface area contributed by atoms with Crippen LogP contribution in [-0.2, 0) is 20.7 Å².